The van der Waals surface area contributed by atoms with Crippen molar-refractivity contribution in [3.05, 3.63) is 70.8 Å². The van der Waals surface area contributed by atoms with E-state index in [0.717, 1.165) is 23.3 Å². The molecule has 2 aromatic carbocycles. The van der Waals surface area contributed by atoms with Gasteiger partial charge in [-0.1, -0.05) is 42.5 Å². The third-order valence-electron chi connectivity index (χ3n) is 3.94. The SMILES string of the molecule is OC1(Cc2cccc(C(F)(F)F)c2)Cc2ccccc2C1. The first-order valence-electron chi connectivity index (χ1n) is 6.81. The van der Waals surface area contributed by atoms with Gasteiger partial charge < -0.3 is 5.11 Å². The predicted molar refractivity (Wildman–Crippen MR) is 73.9 cm³/mol. The molecule has 0 saturated carbocycles. The third-order valence-corrected chi connectivity index (χ3v) is 3.94. The van der Waals surface area contributed by atoms with E-state index in [2.05, 4.69) is 0 Å². The largest absolute Gasteiger partial charge is 0.416 e. The van der Waals surface area contributed by atoms with Crippen LogP contribution in [0.2, 0.25) is 0 Å². The highest BCUT2D eigenvalue weighted by atomic mass is 19.4. The molecule has 0 unspecified atom stereocenters. The molecule has 0 aromatic heterocycles. The lowest BCUT2D eigenvalue weighted by Gasteiger charge is -2.22. The number of alkyl halides is 3. The summed E-state index contributed by atoms with van der Waals surface area (Å²) >= 11 is 0. The molecule has 0 saturated heterocycles. The van der Waals surface area contributed by atoms with E-state index in [1.165, 1.54) is 6.07 Å². The van der Waals surface area contributed by atoms with Crippen LogP contribution in [-0.2, 0) is 25.4 Å². The lowest BCUT2D eigenvalue weighted by molar-refractivity contribution is -0.137. The van der Waals surface area contributed by atoms with Crippen molar-refractivity contribution in [1.82, 2.24) is 0 Å². The maximum absolute atomic E-state index is 12.7. The Morgan fingerprint density at radius 2 is 1.57 bits per heavy atom. The summed E-state index contributed by atoms with van der Waals surface area (Å²) in [5, 5.41) is 10.7. The summed E-state index contributed by atoms with van der Waals surface area (Å²) in [7, 11) is 0. The van der Waals surface area contributed by atoms with Crippen molar-refractivity contribution < 1.29 is 18.3 Å². The van der Waals surface area contributed by atoms with Gasteiger partial charge >= 0.3 is 6.18 Å². The Bertz CT molecular complexity index is 636. The van der Waals surface area contributed by atoms with Gasteiger partial charge in [-0.15, -0.1) is 0 Å². The van der Waals surface area contributed by atoms with Crippen LogP contribution in [0.3, 0.4) is 0 Å². The summed E-state index contributed by atoms with van der Waals surface area (Å²) in [4.78, 5) is 0. The van der Waals surface area contributed by atoms with Crippen molar-refractivity contribution in [2.24, 2.45) is 0 Å². The molecule has 1 aliphatic rings. The van der Waals surface area contributed by atoms with Crippen LogP contribution in [0.4, 0.5) is 13.2 Å². The van der Waals surface area contributed by atoms with Crippen LogP contribution in [0, 0.1) is 0 Å². The van der Waals surface area contributed by atoms with Gasteiger partial charge in [0.05, 0.1) is 11.2 Å². The topological polar surface area (TPSA) is 20.2 Å². The van der Waals surface area contributed by atoms with E-state index in [0.29, 0.717) is 18.4 Å². The van der Waals surface area contributed by atoms with E-state index in [9.17, 15) is 18.3 Å². The Morgan fingerprint density at radius 3 is 2.14 bits per heavy atom. The molecule has 1 aliphatic carbocycles. The number of benzene rings is 2. The first-order valence-corrected chi connectivity index (χ1v) is 6.81. The van der Waals surface area contributed by atoms with Crippen molar-refractivity contribution in [2.75, 3.05) is 0 Å². The quantitative estimate of drug-likeness (QED) is 0.893. The number of hydrogen-bond acceptors (Lipinski definition) is 1. The first kappa shape index (κ1) is 14.1. The third kappa shape index (κ3) is 2.95. The van der Waals surface area contributed by atoms with Gasteiger partial charge in [-0.3, -0.25) is 0 Å². The Labute approximate surface area is 121 Å². The average molecular weight is 292 g/mol. The highest BCUT2D eigenvalue weighted by Gasteiger charge is 2.36. The molecule has 0 fully saturated rings. The fourth-order valence-electron chi connectivity index (χ4n) is 3.04. The normalized spacial score (nSPS) is 16.8. The van der Waals surface area contributed by atoms with Crippen LogP contribution in [0.1, 0.15) is 22.3 Å². The predicted octanol–water partition coefficient (Wildman–Crippen LogP) is 3.78. The van der Waals surface area contributed by atoms with Crippen LogP contribution < -0.4 is 0 Å². The molecule has 0 radical (unpaired) electrons. The number of rotatable bonds is 2. The van der Waals surface area contributed by atoms with E-state index in [4.69, 9.17) is 0 Å². The Morgan fingerprint density at radius 1 is 0.952 bits per heavy atom. The number of halogens is 3. The molecule has 4 heteroatoms. The molecule has 0 amide bonds. The van der Waals surface area contributed by atoms with Crippen LogP contribution >= 0.6 is 0 Å². The van der Waals surface area contributed by atoms with Gasteiger partial charge in [0.1, 0.15) is 0 Å². The molecule has 0 aliphatic heterocycles. The van der Waals surface area contributed by atoms with E-state index >= 15 is 0 Å². The van der Waals surface area contributed by atoms with Crippen LogP contribution in [-0.4, -0.2) is 10.7 Å². The molecule has 110 valence electrons. The highest BCUT2D eigenvalue weighted by molar-refractivity contribution is 5.37. The zero-order valence-corrected chi connectivity index (χ0v) is 11.3. The van der Waals surface area contributed by atoms with Gasteiger partial charge in [0.15, 0.2) is 0 Å². The van der Waals surface area contributed by atoms with Gasteiger partial charge in [0.2, 0.25) is 0 Å². The van der Waals surface area contributed by atoms with Gasteiger partial charge in [-0.05, 0) is 22.8 Å². The lowest BCUT2D eigenvalue weighted by atomic mass is 9.91. The van der Waals surface area contributed by atoms with Gasteiger partial charge in [0.25, 0.3) is 0 Å². The minimum absolute atomic E-state index is 0.228. The molecular weight excluding hydrogens is 277 g/mol. The summed E-state index contributed by atoms with van der Waals surface area (Å²) in [6.45, 7) is 0. The van der Waals surface area contributed by atoms with Crippen molar-refractivity contribution in [3.8, 4) is 0 Å². The monoisotopic (exact) mass is 292 g/mol. The summed E-state index contributed by atoms with van der Waals surface area (Å²) < 4.78 is 38.2. The smallest absolute Gasteiger partial charge is 0.389 e. The molecule has 2 aromatic rings. The number of hydrogen-bond donors (Lipinski definition) is 1. The van der Waals surface area contributed by atoms with E-state index < -0.39 is 17.3 Å². The summed E-state index contributed by atoms with van der Waals surface area (Å²) in [6.07, 6.45) is -3.15. The number of aliphatic hydroxyl groups is 1. The van der Waals surface area contributed by atoms with Crippen LogP contribution in [0.25, 0.3) is 0 Å². The molecular formula is C17H15F3O. The summed E-state index contributed by atoms with van der Waals surface area (Å²) in [5.41, 5.74) is 1.01. The second-order valence-electron chi connectivity index (χ2n) is 5.72. The molecule has 0 spiro atoms. The first-order chi connectivity index (χ1) is 9.86. The molecule has 1 N–H and O–H groups in total. The molecule has 0 heterocycles. The maximum atomic E-state index is 12.7. The zero-order chi connectivity index (χ0) is 15.1. The minimum atomic E-state index is -4.35. The van der Waals surface area contributed by atoms with E-state index in [1.54, 1.807) is 6.07 Å². The van der Waals surface area contributed by atoms with Gasteiger partial charge in [-0.2, -0.15) is 13.2 Å². The highest BCUT2D eigenvalue weighted by Crippen LogP contribution is 2.34. The fraction of sp³-hybridized carbons (Fsp3) is 0.294. The molecule has 3 rings (SSSR count). The second kappa shape index (κ2) is 4.88. The van der Waals surface area contributed by atoms with E-state index in [1.807, 2.05) is 24.3 Å². The molecule has 21 heavy (non-hydrogen) atoms. The Kier molecular flexibility index (Phi) is 3.29. The fourth-order valence-corrected chi connectivity index (χ4v) is 3.04. The average Bonchev–Trinajstić information content (AvgIpc) is 2.73. The van der Waals surface area contributed by atoms with E-state index in [-0.39, 0.29) is 6.42 Å². The lowest BCUT2D eigenvalue weighted by Crippen LogP contribution is -2.32. The molecule has 1 nitrogen and oxygen atoms in total. The van der Waals surface area contributed by atoms with Crippen molar-refractivity contribution >= 4 is 0 Å². The Hall–Kier alpha value is -1.81. The van der Waals surface area contributed by atoms with Gasteiger partial charge in [0, 0.05) is 19.3 Å². The second-order valence-corrected chi connectivity index (χ2v) is 5.72. The summed E-state index contributed by atoms with van der Waals surface area (Å²) in [5.74, 6) is 0. The molecule has 0 atom stereocenters. The maximum Gasteiger partial charge on any atom is 0.416 e. The number of fused-ring (bicyclic) bond motifs is 1. The molecule has 0 bridgehead atoms. The minimum Gasteiger partial charge on any atom is -0.389 e. The van der Waals surface area contributed by atoms with Crippen LogP contribution in [0.15, 0.2) is 48.5 Å². The standard InChI is InChI=1S/C17H15F3O/c18-17(19,20)15-7-3-4-12(8-15)9-16(21)10-13-5-1-2-6-14(13)11-16/h1-8,21H,9-11H2. The van der Waals surface area contributed by atoms with Crippen LogP contribution in [0.5, 0.6) is 0 Å². The van der Waals surface area contributed by atoms with Crippen molar-refractivity contribution in [1.29, 1.82) is 0 Å². The zero-order valence-electron chi connectivity index (χ0n) is 11.3. The Balaban J connectivity index is 1.82. The van der Waals surface area contributed by atoms with Gasteiger partial charge in [-0.25, -0.2) is 0 Å². The van der Waals surface area contributed by atoms with Crippen molar-refractivity contribution in [3.63, 3.8) is 0 Å². The summed E-state index contributed by atoms with van der Waals surface area (Å²) in [6, 6.07) is 12.9. The van der Waals surface area contributed by atoms with Crippen molar-refractivity contribution in [2.45, 2.75) is 31.0 Å².